The summed E-state index contributed by atoms with van der Waals surface area (Å²) in [4.78, 5) is 12.8. The van der Waals surface area contributed by atoms with Crippen LogP contribution in [0.2, 0.25) is 0 Å². The van der Waals surface area contributed by atoms with Gasteiger partial charge in [0.25, 0.3) is 5.56 Å². The summed E-state index contributed by atoms with van der Waals surface area (Å²) in [7, 11) is 1.64. The van der Waals surface area contributed by atoms with E-state index >= 15 is 0 Å². The van der Waals surface area contributed by atoms with Crippen LogP contribution in [0.4, 0.5) is 0 Å². The first kappa shape index (κ1) is 15.9. The highest BCUT2D eigenvalue weighted by atomic mass is 16.5. The second-order valence-electron chi connectivity index (χ2n) is 6.43. The lowest BCUT2D eigenvalue weighted by molar-refractivity contribution is 0.0480. The maximum absolute atomic E-state index is 12.8. The summed E-state index contributed by atoms with van der Waals surface area (Å²) < 4.78 is 14.2. The first-order valence-corrected chi connectivity index (χ1v) is 8.55. The molecule has 0 N–H and O–H groups in total. The monoisotopic (exact) mass is 339 g/mol. The Bertz CT molecular complexity index is 938. The van der Waals surface area contributed by atoms with Crippen molar-refractivity contribution in [2.75, 3.05) is 20.3 Å². The summed E-state index contributed by atoms with van der Waals surface area (Å²) in [5.41, 5.74) is 2.25. The van der Waals surface area contributed by atoms with Gasteiger partial charge >= 0.3 is 0 Å². The molecule has 3 aromatic rings. The van der Waals surface area contributed by atoms with E-state index in [1.807, 2.05) is 42.7 Å². The maximum atomic E-state index is 12.8. The molecule has 1 aromatic carbocycles. The standard InChI is InChI=1S/C19H21N3O3/c1-24-16-6-2-5-15(10-16)17-11-18-19(23)21(7-8-22(18)20-17)12-14-4-3-9-25-13-14/h2,5-8,10-11,14H,3-4,9,12-13H2,1H3. The Morgan fingerprint density at radius 1 is 1.32 bits per heavy atom. The molecule has 0 amide bonds. The highest BCUT2D eigenvalue weighted by molar-refractivity contribution is 5.66. The number of nitrogens with zero attached hydrogens (tertiary/aromatic N) is 3. The number of rotatable bonds is 4. The van der Waals surface area contributed by atoms with Crippen molar-refractivity contribution in [3.8, 4) is 17.0 Å². The lowest BCUT2D eigenvalue weighted by atomic mass is 10.0. The zero-order valence-electron chi connectivity index (χ0n) is 14.2. The average Bonchev–Trinajstić information content (AvgIpc) is 3.10. The molecule has 130 valence electrons. The number of hydrogen-bond acceptors (Lipinski definition) is 4. The van der Waals surface area contributed by atoms with Gasteiger partial charge in [-0.15, -0.1) is 0 Å². The van der Waals surface area contributed by atoms with Gasteiger partial charge in [-0.05, 0) is 31.0 Å². The molecule has 6 nitrogen and oxygen atoms in total. The molecule has 0 bridgehead atoms. The Hall–Kier alpha value is -2.60. The fourth-order valence-corrected chi connectivity index (χ4v) is 3.32. The summed E-state index contributed by atoms with van der Waals surface area (Å²) in [6.07, 6.45) is 5.82. The second-order valence-corrected chi connectivity index (χ2v) is 6.43. The normalized spacial score (nSPS) is 17.7. The van der Waals surface area contributed by atoms with Gasteiger partial charge in [0, 0.05) is 37.0 Å². The van der Waals surface area contributed by atoms with E-state index in [0.29, 0.717) is 18.0 Å². The molecule has 0 spiro atoms. The van der Waals surface area contributed by atoms with Crippen molar-refractivity contribution in [2.45, 2.75) is 19.4 Å². The fraction of sp³-hybridized carbons (Fsp3) is 0.368. The molecule has 1 fully saturated rings. The van der Waals surface area contributed by atoms with Gasteiger partial charge in [0.05, 0.1) is 19.4 Å². The number of benzene rings is 1. The van der Waals surface area contributed by atoms with Crippen molar-refractivity contribution in [1.29, 1.82) is 0 Å². The molecule has 0 aliphatic carbocycles. The van der Waals surface area contributed by atoms with Crippen LogP contribution in [0, 0.1) is 5.92 Å². The predicted octanol–water partition coefficient (Wildman–Crippen LogP) is 2.60. The van der Waals surface area contributed by atoms with Crippen LogP contribution in [0.5, 0.6) is 5.75 Å². The molecule has 0 radical (unpaired) electrons. The minimum absolute atomic E-state index is 0.0188. The largest absolute Gasteiger partial charge is 0.497 e. The highest BCUT2D eigenvalue weighted by Gasteiger charge is 2.16. The minimum Gasteiger partial charge on any atom is -0.497 e. The molecule has 3 heterocycles. The first-order valence-electron chi connectivity index (χ1n) is 8.55. The van der Waals surface area contributed by atoms with Crippen molar-refractivity contribution >= 4 is 5.52 Å². The molecule has 1 unspecified atom stereocenters. The van der Waals surface area contributed by atoms with Gasteiger partial charge in [0.15, 0.2) is 0 Å². The second kappa shape index (κ2) is 6.72. The van der Waals surface area contributed by atoms with Gasteiger partial charge in [0.1, 0.15) is 11.3 Å². The molecule has 1 atom stereocenters. The number of ether oxygens (including phenoxy) is 2. The third kappa shape index (κ3) is 3.17. The summed E-state index contributed by atoms with van der Waals surface area (Å²) in [5.74, 6) is 1.17. The summed E-state index contributed by atoms with van der Waals surface area (Å²) in [5, 5.41) is 4.53. The van der Waals surface area contributed by atoms with Crippen LogP contribution in [-0.4, -0.2) is 34.5 Å². The molecule has 1 aliphatic heterocycles. The van der Waals surface area contributed by atoms with Crippen molar-refractivity contribution in [1.82, 2.24) is 14.2 Å². The van der Waals surface area contributed by atoms with Crippen LogP contribution in [0.25, 0.3) is 16.8 Å². The van der Waals surface area contributed by atoms with E-state index in [1.165, 1.54) is 0 Å². The molecule has 6 heteroatoms. The summed E-state index contributed by atoms with van der Waals surface area (Å²) in [6, 6.07) is 9.52. The molecule has 0 saturated carbocycles. The van der Waals surface area contributed by atoms with E-state index in [4.69, 9.17) is 9.47 Å². The van der Waals surface area contributed by atoms with Crippen LogP contribution in [0.3, 0.4) is 0 Å². The van der Waals surface area contributed by atoms with Crippen molar-refractivity contribution < 1.29 is 9.47 Å². The van der Waals surface area contributed by atoms with Crippen LogP contribution >= 0.6 is 0 Å². The first-order chi connectivity index (χ1) is 12.2. The number of hydrogen-bond donors (Lipinski definition) is 0. The van der Waals surface area contributed by atoms with Crippen LogP contribution in [0.1, 0.15) is 12.8 Å². The molecule has 1 aliphatic rings. The fourth-order valence-electron chi connectivity index (χ4n) is 3.32. The SMILES string of the molecule is COc1cccc(-c2cc3c(=O)n(CC4CCCOC4)ccn3n2)c1. The third-order valence-electron chi connectivity index (χ3n) is 4.68. The maximum Gasteiger partial charge on any atom is 0.276 e. The minimum atomic E-state index is -0.0188. The van der Waals surface area contributed by atoms with E-state index in [9.17, 15) is 4.79 Å². The summed E-state index contributed by atoms with van der Waals surface area (Å²) >= 11 is 0. The van der Waals surface area contributed by atoms with E-state index in [2.05, 4.69) is 5.10 Å². The number of aromatic nitrogens is 3. The number of methoxy groups -OCH3 is 1. The summed E-state index contributed by atoms with van der Waals surface area (Å²) in [6.45, 7) is 2.25. The lowest BCUT2D eigenvalue weighted by Gasteiger charge is -2.22. The van der Waals surface area contributed by atoms with Gasteiger partial charge in [-0.1, -0.05) is 12.1 Å². The quantitative estimate of drug-likeness (QED) is 0.733. The molecule has 2 aromatic heterocycles. The average molecular weight is 339 g/mol. The zero-order chi connectivity index (χ0) is 17.2. The van der Waals surface area contributed by atoms with Gasteiger partial charge in [-0.2, -0.15) is 5.10 Å². The third-order valence-corrected chi connectivity index (χ3v) is 4.68. The van der Waals surface area contributed by atoms with Crippen LogP contribution in [-0.2, 0) is 11.3 Å². The zero-order valence-corrected chi connectivity index (χ0v) is 14.2. The Balaban J connectivity index is 1.68. The molecular formula is C19H21N3O3. The van der Waals surface area contributed by atoms with Crippen LogP contribution < -0.4 is 10.3 Å². The van der Waals surface area contributed by atoms with Gasteiger partial charge < -0.3 is 14.0 Å². The predicted molar refractivity (Wildman–Crippen MR) is 95.0 cm³/mol. The van der Waals surface area contributed by atoms with Crippen molar-refractivity contribution in [3.63, 3.8) is 0 Å². The van der Waals surface area contributed by atoms with Crippen molar-refractivity contribution in [3.05, 3.63) is 53.1 Å². The Kier molecular flexibility index (Phi) is 4.28. The van der Waals surface area contributed by atoms with E-state index in [1.54, 1.807) is 16.2 Å². The Morgan fingerprint density at radius 2 is 2.24 bits per heavy atom. The van der Waals surface area contributed by atoms with Gasteiger partial charge in [-0.25, -0.2) is 4.52 Å². The highest BCUT2D eigenvalue weighted by Crippen LogP contribution is 2.23. The smallest absolute Gasteiger partial charge is 0.276 e. The van der Waals surface area contributed by atoms with Crippen LogP contribution in [0.15, 0.2) is 47.5 Å². The molecule has 1 saturated heterocycles. The van der Waals surface area contributed by atoms with Gasteiger partial charge in [0.2, 0.25) is 0 Å². The molecular weight excluding hydrogens is 318 g/mol. The Morgan fingerprint density at radius 3 is 3.04 bits per heavy atom. The topological polar surface area (TPSA) is 57.8 Å². The van der Waals surface area contributed by atoms with Gasteiger partial charge in [-0.3, -0.25) is 4.79 Å². The Labute approximate surface area is 145 Å². The molecule has 25 heavy (non-hydrogen) atoms. The lowest BCUT2D eigenvalue weighted by Crippen LogP contribution is -2.28. The van der Waals surface area contributed by atoms with E-state index in [-0.39, 0.29) is 5.56 Å². The van der Waals surface area contributed by atoms with Crippen molar-refractivity contribution in [2.24, 2.45) is 5.92 Å². The van der Waals surface area contributed by atoms with E-state index in [0.717, 1.165) is 43.1 Å². The molecule has 4 rings (SSSR count). The van der Waals surface area contributed by atoms with E-state index < -0.39 is 0 Å². The number of fused-ring (bicyclic) bond motifs is 1.